The first-order valence-corrected chi connectivity index (χ1v) is 10.7. The summed E-state index contributed by atoms with van der Waals surface area (Å²) in [7, 11) is 0. The van der Waals surface area contributed by atoms with E-state index in [1.54, 1.807) is 0 Å². The largest absolute Gasteiger partial charge is 0.192 e. The van der Waals surface area contributed by atoms with Crippen LogP contribution in [0.3, 0.4) is 0 Å². The number of halogens is 2. The molecule has 4 rings (SSSR count). The van der Waals surface area contributed by atoms with Crippen molar-refractivity contribution in [2.45, 2.75) is 89.4 Å². The molecule has 0 N–H and O–H groups in total. The molecule has 0 saturated heterocycles. The molecule has 2 bridgehead atoms. The number of unbranched alkanes of at least 4 members (excludes halogenated alkanes) is 4. The van der Waals surface area contributed by atoms with Crippen LogP contribution in [-0.2, 0) is 5.41 Å². The fraction of sp³-hybridized carbons (Fsp3) is 0.682. The lowest BCUT2D eigenvalue weighted by Crippen LogP contribution is -2.44. The molecule has 0 atom stereocenters. The number of fused-ring (bicyclic) bond motifs is 3. The summed E-state index contributed by atoms with van der Waals surface area (Å²) in [5.74, 6) is 0. The summed E-state index contributed by atoms with van der Waals surface area (Å²) in [6, 6.07) is 6.13. The highest BCUT2D eigenvalue weighted by molar-refractivity contribution is 6.36. The van der Waals surface area contributed by atoms with Crippen molar-refractivity contribution in [3.8, 4) is 6.07 Å². The molecule has 3 heteroatoms. The van der Waals surface area contributed by atoms with E-state index in [1.165, 1.54) is 82.6 Å². The summed E-state index contributed by atoms with van der Waals surface area (Å²) in [6.45, 7) is 2.28. The van der Waals surface area contributed by atoms with Crippen molar-refractivity contribution >= 4 is 23.2 Å². The first-order chi connectivity index (χ1) is 12.0. The number of hydrogen-bond acceptors (Lipinski definition) is 1. The van der Waals surface area contributed by atoms with Gasteiger partial charge < -0.3 is 0 Å². The third kappa shape index (κ3) is 3.86. The Morgan fingerprint density at radius 3 is 2.00 bits per heavy atom. The maximum absolute atomic E-state index is 9.18. The number of nitriles is 1. The summed E-state index contributed by atoms with van der Waals surface area (Å²) < 4.78 is 0. The number of nitrogens with zero attached hydrogens (tertiary/aromatic N) is 1. The predicted octanol–water partition coefficient (Wildman–Crippen LogP) is 7.82. The van der Waals surface area contributed by atoms with Crippen LogP contribution in [0.2, 0.25) is 10.0 Å². The van der Waals surface area contributed by atoms with Crippen LogP contribution in [0.4, 0.5) is 0 Å². The van der Waals surface area contributed by atoms with Crippen LogP contribution in [-0.4, -0.2) is 0 Å². The van der Waals surface area contributed by atoms with Gasteiger partial charge in [0.25, 0.3) is 0 Å². The Kier molecular flexibility index (Phi) is 6.02. The molecular weight excluding hydrogens is 349 g/mol. The summed E-state index contributed by atoms with van der Waals surface area (Å²) in [6.07, 6.45) is 16.1. The Hall–Kier alpha value is -0.710. The van der Waals surface area contributed by atoms with E-state index in [2.05, 4.69) is 13.0 Å². The molecule has 0 spiro atoms. The molecule has 0 amide bonds. The van der Waals surface area contributed by atoms with Gasteiger partial charge in [-0.15, -0.1) is 0 Å². The third-order valence-electron chi connectivity index (χ3n) is 6.98. The second kappa shape index (κ2) is 7.89. The van der Waals surface area contributed by atoms with E-state index in [4.69, 9.17) is 23.2 Å². The highest BCUT2D eigenvalue weighted by Gasteiger charge is 2.48. The molecule has 0 unspecified atom stereocenters. The van der Waals surface area contributed by atoms with E-state index >= 15 is 0 Å². The molecule has 0 radical (unpaired) electrons. The minimum Gasteiger partial charge on any atom is -0.192 e. The maximum Gasteiger partial charge on any atom is 0.102 e. The van der Waals surface area contributed by atoms with Gasteiger partial charge in [-0.2, -0.15) is 5.26 Å². The Morgan fingerprint density at radius 1 is 0.920 bits per heavy atom. The Bertz CT molecular complexity index is 611. The van der Waals surface area contributed by atoms with Gasteiger partial charge in [-0.3, -0.25) is 0 Å². The van der Waals surface area contributed by atoms with Crippen LogP contribution in [0.5, 0.6) is 0 Å². The Morgan fingerprint density at radius 2 is 1.48 bits per heavy atom. The molecule has 0 heterocycles. The number of benzene rings is 1. The van der Waals surface area contributed by atoms with E-state index in [0.29, 0.717) is 21.0 Å². The van der Waals surface area contributed by atoms with Crippen molar-refractivity contribution in [1.29, 1.82) is 5.26 Å². The van der Waals surface area contributed by atoms with Crippen LogP contribution < -0.4 is 0 Å². The topological polar surface area (TPSA) is 23.8 Å². The van der Waals surface area contributed by atoms with Crippen LogP contribution in [0.1, 0.15) is 95.1 Å². The quantitative estimate of drug-likeness (QED) is 0.444. The van der Waals surface area contributed by atoms with Crippen molar-refractivity contribution in [2.24, 2.45) is 5.41 Å². The standard InChI is InChI=1S/C22H29Cl2N/c1-2-3-4-5-6-7-21-8-11-22(12-9-21,13-10-21)17-14-19(23)18(16-25)20(24)15-17/h14-15H,2-13H2,1H3. The normalized spacial score (nSPS) is 28.1. The summed E-state index contributed by atoms with van der Waals surface area (Å²) in [5, 5.41) is 10.2. The van der Waals surface area contributed by atoms with Gasteiger partial charge in [0.15, 0.2) is 0 Å². The minimum absolute atomic E-state index is 0.241. The van der Waals surface area contributed by atoms with E-state index in [0.717, 1.165) is 0 Å². The zero-order valence-electron chi connectivity index (χ0n) is 15.3. The predicted molar refractivity (Wildman–Crippen MR) is 106 cm³/mol. The SMILES string of the molecule is CCCCCCCC12CCC(c3cc(Cl)c(C#N)c(Cl)c3)(CC1)CC2. The molecule has 3 fully saturated rings. The molecule has 3 saturated carbocycles. The summed E-state index contributed by atoms with van der Waals surface area (Å²) >= 11 is 12.6. The fourth-order valence-corrected chi connectivity index (χ4v) is 5.73. The van der Waals surface area contributed by atoms with Gasteiger partial charge in [-0.05, 0) is 73.5 Å². The van der Waals surface area contributed by atoms with Crippen LogP contribution in [0, 0.1) is 16.7 Å². The molecule has 25 heavy (non-hydrogen) atoms. The average Bonchev–Trinajstić information content (AvgIpc) is 2.63. The molecule has 1 aromatic carbocycles. The molecule has 1 aromatic rings. The Labute approximate surface area is 162 Å². The lowest BCUT2D eigenvalue weighted by atomic mass is 9.51. The molecule has 0 aromatic heterocycles. The van der Waals surface area contributed by atoms with Gasteiger partial charge in [-0.1, -0.05) is 62.2 Å². The highest BCUT2D eigenvalue weighted by atomic mass is 35.5. The van der Waals surface area contributed by atoms with E-state index in [-0.39, 0.29) is 5.41 Å². The number of hydrogen-bond donors (Lipinski definition) is 0. The molecular formula is C22H29Cl2N. The molecule has 3 aliphatic carbocycles. The van der Waals surface area contributed by atoms with E-state index in [1.807, 2.05) is 12.1 Å². The Balaban J connectivity index is 1.66. The van der Waals surface area contributed by atoms with Crippen molar-refractivity contribution in [1.82, 2.24) is 0 Å². The van der Waals surface area contributed by atoms with Gasteiger partial charge >= 0.3 is 0 Å². The van der Waals surface area contributed by atoms with E-state index in [9.17, 15) is 5.26 Å². The van der Waals surface area contributed by atoms with Gasteiger partial charge in [-0.25, -0.2) is 0 Å². The number of rotatable bonds is 7. The van der Waals surface area contributed by atoms with Crippen molar-refractivity contribution in [3.63, 3.8) is 0 Å². The third-order valence-corrected chi connectivity index (χ3v) is 7.57. The monoisotopic (exact) mass is 377 g/mol. The van der Waals surface area contributed by atoms with Gasteiger partial charge in [0.1, 0.15) is 6.07 Å². The van der Waals surface area contributed by atoms with Crippen LogP contribution in [0.25, 0.3) is 0 Å². The highest BCUT2D eigenvalue weighted by Crippen LogP contribution is 2.60. The first-order valence-electron chi connectivity index (χ1n) is 9.94. The maximum atomic E-state index is 9.18. The second-order valence-corrected chi connectivity index (χ2v) is 9.19. The lowest BCUT2D eigenvalue weighted by Gasteiger charge is -2.54. The lowest BCUT2D eigenvalue weighted by molar-refractivity contribution is 0.0304. The average molecular weight is 378 g/mol. The van der Waals surface area contributed by atoms with Crippen LogP contribution >= 0.6 is 23.2 Å². The van der Waals surface area contributed by atoms with Gasteiger partial charge in [0, 0.05) is 0 Å². The molecule has 136 valence electrons. The van der Waals surface area contributed by atoms with Gasteiger partial charge in [0.05, 0.1) is 15.6 Å². The summed E-state index contributed by atoms with van der Waals surface area (Å²) in [4.78, 5) is 0. The van der Waals surface area contributed by atoms with Crippen LogP contribution in [0.15, 0.2) is 12.1 Å². The smallest absolute Gasteiger partial charge is 0.102 e. The fourth-order valence-electron chi connectivity index (χ4n) is 5.16. The molecule has 0 aliphatic heterocycles. The van der Waals surface area contributed by atoms with Crippen molar-refractivity contribution in [3.05, 3.63) is 33.3 Å². The second-order valence-electron chi connectivity index (χ2n) is 8.37. The van der Waals surface area contributed by atoms with E-state index < -0.39 is 0 Å². The zero-order valence-corrected chi connectivity index (χ0v) is 16.9. The zero-order chi connectivity index (χ0) is 17.9. The van der Waals surface area contributed by atoms with Crippen molar-refractivity contribution in [2.75, 3.05) is 0 Å². The van der Waals surface area contributed by atoms with Crippen molar-refractivity contribution < 1.29 is 0 Å². The molecule has 3 aliphatic rings. The minimum atomic E-state index is 0.241. The van der Waals surface area contributed by atoms with Gasteiger partial charge in [0.2, 0.25) is 0 Å². The molecule has 1 nitrogen and oxygen atoms in total. The first kappa shape index (κ1) is 19.1. The summed E-state index contributed by atoms with van der Waals surface area (Å²) in [5.41, 5.74) is 2.52.